The van der Waals surface area contributed by atoms with Crippen LogP contribution in [0.5, 0.6) is 0 Å². The van der Waals surface area contributed by atoms with E-state index in [-0.39, 0.29) is 18.3 Å². The highest BCUT2D eigenvalue weighted by Gasteiger charge is 2.30. The minimum atomic E-state index is -1.11. The molecule has 1 amide bonds. The van der Waals surface area contributed by atoms with E-state index in [1.807, 2.05) is 35.1 Å². The number of carbonyl (C=O) groups is 1. The lowest BCUT2D eigenvalue weighted by Crippen LogP contribution is -2.45. The van der Waals surface area contributed by atoms with Gasteiger partial charge < -0.3 is 11.1 Å². The van der Waals surface area contributed by atoms with Gasteiger partial charge in [0.2, 0.25) is 5.91 Å². The molecule has 0 saturated heterocycles. The van der Waals surface area contributed by atoms with Gasteiger partial charge in [0, 0.05) is 17.2 Å². The molecule has 2 rings (SSSR count). The number of carbonyl (C=O) groups excluding carboxylic acids is 1. The molecular formula is C16H22BrClN4O. The third kappa shape index (κ3) is 5.06. The monoisotopic (exact) mass is 400 g/mol. The normalized spacial score (nSPS) is 13.3. The molecule has 0 fully saturated rings. The van der Waals surface area contributed by atoms with Gasteiger partial charge in [0.1, 0.15) is 5.54 Å². The van der Waals surface area contributed by atoms with Gasteiger partial charge >= 0.3 is 0 Å². The fourth-order valence-electron chi connectivity index (χ4n) is 2.09. The van der Waals surface area contributed by atoms with Crippen LogP contribution >= 0.6 is 28.3 Å². The molecule has 126 valence electrons. The molecule has 1 aromatic heterocycles. The minimum absolute atomic E-state index is 0. The zero-order chi connectivity index (χ0) is 16.3. The fraction of sp³-hybridized carbons (Fsp3) is 0.375. The molecule has 1 heterocycles. The first-order chi connectivity index (χ1) is 10.3. The molecule has 1 aromatic carbocycles. The van der Waals surface area contributed by atoms with Crippen molar-refractivity contribution in [2.45, 2.75) is 32.9 Å². The van der Waals surface area contributed by atoms with Crippen LogP contribution in [0.4, 0.5) is 5.69 Å². The number of halogens is 2. The van der Waals surface area contributed by atoms with Crippen molar-refractivity contribution in [3.05, 3.63) is 46.7 Å². The van der Waals surface area contributed by atoms with Gasteiger partial charge in [0.05, 0.1) is 11.9 Å². The summed E-state index contributed by atoms with van der Waals surface area (Å²) in [6.45, 7) is 6.74. The molecule has 0 saturated carbocycles. The standard InChI is InChI=1S/C16H21BrN4O.ClH/c1-11(2)9-21-10-14(8-19-21)20-15(22)16(3,18)12-4-6-13(17)7-5-12;/h4-8,10-11H,9,18H2,1-3H3,(H,20,22);1H. The minimum Gasteiger partial charge on any atom is -0.322 e. The molecule has 2 aromatic rings. The summed E-state index contributed by atoms with van der Waals surface area (Å²) in [5.74, 6) is 0.227. The Labute approximate surface area is 151 Å². The zero-order valence-corrected chi connectivity index (χ0v) is 15.8. The summed E-state index contributed by atoms with van der Waals surface area (Å²) in [5, 5.41) is 7.06. The van der Waals surface area contributed by atoms with Gasteiger partial charge in [-0.15, -0.1) is 12.4 Å². The van der Waals surface area contributed by atoms with E-state index in [0.29, 0.717) is 11.6 Å². The van der Waals surface area contributed by atoms with Crippen LogP contribution in [0.15, 0.2) is 41.1 Å². The largest absolute Gasteiger partial charge is 0.322 e. The highest BCUT2D eigenvalue weighted by atomic mass is 79.9. The van der Waals surface area contributed by atoms with Crippen molar-refractivity contribution in [1.29, 1.82) is 0 Å². The van der Waals surface area contributed by atoms with Crippen molar-refractivity contribution >= 4 is 39.9 Å². The predicted octanol–water partition coefficient (Wildman–Crippen LogP) is 3.54. The molecule has 5 nitrogen and oxygen atoms in total. The summed E-state index contributed by atoms with van der Waals surface area (Å²) in [5.41, 5.74) is 6.51. The summed E-state index contributed by atoms with van der Waals surface area (Å²) in [7, 11) is 0. The van der Waals surface area contributed by atoms with E-state index in [1.165, 1.54) is 0 Å². The summed E-state index contributed by atoms with van der Waals surface area (Å²) >= 11 is 3.37. The van der Waals surface area contributed by atoms with Crippen LogP contribution in [-0.2, 0) is 16.9 Å². The van der Waals surface area contributed by atoms with E-state index in [4.69, 9.17) is 5.73 Å². The lowest BCUT2D eigenvalue weighted by atomic mass is 9.92. The van der Waals surface area contributed by atoms with Crippen LogP contribution in [-0.4, -0.2) is 15.7 Å². The van der Waals surface area contributed by atoms with Gasteiger partial charge in [-0.25, -0.2) is 0 Å². The van der Waals surface area contributed by atoms with Gasteiger partial charge in [-0.2, -0.15) is 5.10 Å². The van der Waals surface area contributed by atoms with Crippen molar-refractivity contribution in [3.63, 3.8) is 0 Å². The van der Waals surface area contributed by atoms with Gasteiger partial charge in [0.15, 0.2) is 0 Å². The van der Waals surface area contributed by atoms with E-state index in [9.17, 15) is 4.79 Å². The Morgan fingerprint density at radius 3 is 2.57 bits per heavy atom. The van der Waals surface area contributed by atoms with Crippen LogP contribution in [0.25, 0.3) is 0 Å². The second-order valence-electron chi connectivity index (χ2n) is 6.01. The molecule has 23 heavy (non-hydrogen) atoms. The van der Waals surface area contributed by atoms with Crippen LogP contribution in [0.2, 0.25) is 0 Å². The van der Waals surface area contributed by atoms with Crippen molar-refractivity contribution in [3.8, 4) is 0 Å². The Balaban J connectivity index is 0.00000264. The number of nitrogens with two attached hydrogens (primary N) is 1. The highest BCUT2D eigenvalue weighted by Crippen LogP contribution is 2.22. The Hall–Kier alpha value is -1.37. The Morgan fingerprint density at radius 2 is 2.00 bits per heavy atom. The van der Waals surface area contributed by atoms with E-state index in [0.717, 1.165) is 16.6 Å². The van der Waals surface area contributed by atoms with Crippen molar-refractivity contribution in [2.75, 3.05) is 5.32 Å². The molecule has 0 aliphatic rings. The van der Waals surface area contributed by atoms with Gasteiger partial charge in [-0.1, -0.05) is 41.9 Å². The first kappa shape index (κ1) is 19.7. The van der Waals surface area contributed by atoms with Gasteiger partial charge in [0.25, 0.3) is 0 Å². The quantitative estimate of drug-likeness (QED) is 0.805. The Kier molecular flexibility index (Phi) is 6.80. The Morgan fingerprint density at radius 1 is 1.39 bits per heavy atom. The highest BCUT2D eigenvalue weighted by molar-refractivity contribution is 9.10. The average Bonchev–Trinajstić information content (AvgIpc) is 2.85. The second kappa shape index (κ2) is 7.95. The van der Waals surface area contributed by atoms with E-state index < -0.39 is 5.54 Å². The number of hydrogen-bond donors (Lipinski definition) is 2. The van der Waals surface area contributed by atoms with Crippen LogP contribution in [0.1, 0.15) is 26.3 Å². The number of rotatable bonds is 5. The summed E-state index contributed by atoms with van der Waals surface area (Å²) in [6, 6.07) is 7.42. The molecular weight excluding hydrogens is 380 g/mol. The summed E-state index contributed by atoms with van der Waals surface area (Å²) in [6.07, 6.45) is 3.45. The molecule has 0 radical (unpaired) electrons. The fourth-order valence-corrected chi connectivity index (χ4v) is 2.35. The van der Waals surface area contributed by atoms with E-state index >= 15 is 0 Å². The molecule has 7 heteroatoms. The molecule has 1 atom stereocenters. The van der Waals surface area contributed by atoms with Crippen LogP contribution < -0.4 is 11.1 Å². The summed E-state index contributed by atoms with van der Waals surface area (Å²) in [4.78, 5) is 12.5. The molecule has 1 unspecified atom stereocenters. The first-order valence-corrected chi connectivity index (χ1v) is 7.97. The maximum atomic E-state index is 12.5. The topological polar surface area (TPSA) is 72.9 Å². The smallest absolute Gasteiger partial charge is 0.248 e. The maximum absolute atomic E-state index is 12.5. The molecule has 0 spiro atoms. The number of amides is 1. The third-order valence-corrected chi connectivity index (χ3v) is 3.89. The van der Waals surface area contributed by atoms with E-state index in [2.05, 4.69) is 40.2 Å². The van der Waals surface area contributed by atoms with Gasteiger partial charge in [-0.3, -0.25) is 9.48 Å². The lowest BCUT2D eigenvalue weighted by molar-refractivity contribution is -0.120. The number of nitrogens with zero attached hydrogens (tertiary/aromatic N) is 2. The lowest BCUT2D eigenvalue weighted by Gasteiger charge is -2.23. The molecule has 0 aliphatic heterocycles. The van der Waals surface area contributed by atoms with Crippen LogP contribution in [0.3, 0.4) is 0 Å². The predicted molar refractivity (Wildman–Crippen MR) is 98.6 cm³/mol. The number of hydrogen-bond acceptors (Lipinski definition) is 3. The maximum Gasteiger partial charge on any atom is 0.248 e. The van der Waals surface area contributed by atoms with Crippen molar-refractivity contribution in [1.82, 2.24) is 9.78 Å². The van der Waals surface area contributed by atoms with E-state index in [1.54, 1.807) is 13.1 Å². The third-order valence-electron chi connectivity index (χ3n) is 3.36. The number of benzene rings is 1. The number of nitrogens with one attached hydrogen (secondary N) is 1. The summed E-state index contributed by atoms with van der Waals surface area (Å²) < 4.78 is 2.76. The van der Waals surface area contributed by atoms with Gasteiger partial charge in [-0.05, 0) is 30.5 Å². The van der Waals surface area contributed by atoms with Crippen molar-refractivity contribution in [2.24, 2.45) is 11.7 Å². The second-order valence-corrected chi connectivity index (χ2v) is 6.92. The SMILES string of the molecule is CC(C)Cn1cc(NC(=O)C(C)(N)c2ccc(Br)cc2)cn1.Cl. The average molecular weight is 402 g/mol. The van der Waals surface area contributed by atoms with Crippen LogP contribution in [0, 0.1) is 5.92 Å². The molecule has 0 aliphatic carbocycles. The Bertz CT molecular complexity index is 652. The zero-order valence-electron chi connectivity index (χ0n) is 13.4. The molecule has 3 N–H and O–H groups in total. The van der Waals surface area contributed by atoms with Crippen molar-refractivity contribution < 1.29 is 4.79 Å². The number of aromatic nitrogens is 2. The molecule has 0 bridgehead atoms. The first-order valence-electron chi connectivity index (χ1n) is 7.18. The number of anilines is 1.